The molecule has 4 heterocycles. The van der Waals surface area contributed by atoms with Crippen molar-refractivity contribution in [3.63, 3.8) is 0 Å². The molecule has 1 fully saturated rings. The number of hydrogen-bond donors (Lipinski definition) is 0. The molecule has 1 saturated carbocycles. The molecule has 1 aliphatic rings. The zero-order valence-electron chi connectivity index (χ0n) is 17.9. The van der Waals surface area contributed by atoms with E-state index in [2.05, 4.69) is 32.5 Å². The minimum absolute atomic E-state index is 0.0229. The van der Waals surface area contributed by atoms with Gasteiger partial charge in [0.1, 0.15) is 17.4 Å². The summed E-state index contributed by atoms with van der Waals surface area (Å²) in [7, 11) is 1.29. The second-order valence-corrected chi connectivity index (χ2v) is 8.04. The van der Waals surface area contributed by atoms with Crippen molar-refractivity contribution in [2.45, 2.75) is 38.1 Å². The zero-order valence-corrected chi connectivity index (χ0v) is 17.9. The number of halogens is 1. The van der Waals surface area contributed by atoms with Crippen molar-refractivity contribution >= 4 is 11.4 Å². The van der Waals surface area contributed by atoms with Crippen LogP contribution in [0.25, 0.3) is 5.65 Å². The second-order valence-electron chi connectivity index (χ2n) is 8.04. The molecule has 4 aromatic rings. The number of aromatic nitrogens is 6. The Balaban J connectivity index is 1.27. The number of ketones is 1. The molecule has 0 radical (unpaired) electrons. The van der Waals surface area contributed by atoms with Crippen LogP contribution in [0.1, 0.15) is 58.1 Å². The molecule has 10 heteroatoms. The summed E-state index contributed by atoms with van der Waals surface area (Å²) in [6, 6.07) is 6.03. The third kappa shape index (κ3) is 4.17. The van der Waals surface area contributed by atoms with Crippen molar-refractivity contribution in [1.29, 1.82) is 5.26 Å². The van der Waals surface area contributed by atoms with Crippen molar-refractivity contribution in [3.05, 3.63) is 70.8 Å². The minimum atomic E-state index is -0.732. The molecule has 0 spiro atoms. The van der Waals surface area contributed by atoms with Gasteiger partial charge in [0, 0.05) is 30.6 Å². The number of rotatable bonds is 8. The molecule has 0 atom stereocenters. The highest BCUT2D eigenvalue weighted by atomic mass is 19.1. The van der Waals surface area contributed by atoms with E-state index in [4.69, 9.17) is 4.74 Å². The predicted octanol–water partition coefficient (Wildman–Crippen LogP) is 3.08. The van der Waals surface area contributed by atoms with Gasteiger partial charge < -0.3 is 9.14 Å². The van der Waals surface area contributed by atoms with Crippen LogP contribution in [0.2, 0.25) is 0 Å². The molecule has 0 aromatic carbocycles. The summed E-state index contributed by atoms with van der Waals surface area (Å²) in [5, 5.41) is 17.2. The summed E-state index contributed by atoms with van der Waals surface area (Å²) in [6.07, 6.45) is 9.32. The van der Waals surface area contributed by atoms with E-state index in [0.717, 1.165) is 11.3 Å². The number of nitriles is 1. The lowest BCUT2D eigenvalue weighted by Gasteiger charge is -2.07. The number of fused-ring (bicyclic) bond motifs is 1. The van der Waals surface area contributed by atoms with Crippen LogP contribution < -0.4 is 4.74 Å². The van der Waals surface area contributed by atoms with E-state index in [0.29, 0.717) is 12.5 Å². The van der Waals surface area contributed by atoms with Crippen molar-refractivity contribution < 1.29 is 13.9 Å². The van der Waals surface area contributed by atoms with Crippen LogP contribution in [-0.4, -0.2) is 42.3 Å². The lowest BCUT2D eigenvalue weighted by molar-refractivity contribution is 0.0977. The van der Waals surface area contributed by atoms with Crippen LogP contribution in [0.5, 0.6) is 5.88 Å². The van der Waals surface area contributed by atoms with Gasteiger partial charge >= 0.3 is 0 Å². The van der Waals surface area contributed by atoms with E-state index in [1.165, 1.54) is 31.7 Å². The lowest BCUT2D eigenvalue weighted by Crippen LogP contribution is -2.06. The van der Waals surface area contributed by atoms with E-state index >= 15 is 0 Å². The van der Waals surface area contributed by atoms with Crippen LogP contribution in [-0.2, 0) is 13.0 Å². The lowest BCUT2D eigenvalue weighted by atomic mass is 10.0. The van der Waals surface area contributed by atoms with Gasteiger partial charge in [-0.1, -0.05) is 11.3 Å². The molecule has 33 heavy (non-hydrogen) atoms. The fraction of sp³-hybridized carbons (Fsp3) is 0.304. The number of carbonyl (C=O) groups is 1. The van der Waals surface area contributed by atoms with Gasteiger partial charge in [0.15, 0.2) is 11.6 Å². The normalized spacial score (nSPS) is 13.2. The molecule has 0 amide bonds. The second kappa shape index (κ2) is 8.43. The highest BCUT2D eigenvalue weighted by Crippen LogP contribution is 2.39. The number of nitrogens with zero attached hydrogens (tertiary/aromatic N) is 7. The monoisotopic (exact) mass is 445 g/mol. The summed E-state index contributed by atoms with van der Waals surface area (Å²) >= 11 is 0. The molecule has 1 aliphatic carbocycles. The Morgan fingerprint density at radius 2 is 2.15 bits per heavy atom. The maximum atomic E-state index is 14.5. The third-order valence-electron chi connectivity index (χ3n) is 5.73. The highest BCUT2D eigenvalue weighted by Gasteiger charge is 2.24. The average Bonchev–Trinajstić information content (AvgIpc) is 3.44. The SMILES string of the molecule is COc1ncc(C#N)c(CCC(=O)c2cn(Cc3cn4cc(C5CC5)ccc4n3)nn2)c1F. The van der Waals surface area contributed by atoms with Gasteiger partial charge in [-0.3, -0.25) is 4.79 Å². The first-order valence-electron chi connectivity index (χ1n) is 10.6. The van der Waals surface area contributed by atoms with Crippen molar-refractivity contribution in [2.75, 3.05) is 7.11 Å². The Kier molecular flexibility index (Phi) is 5.30. The minimum Gasteiger partial charge on any atom is -0.479 e. The van der Waals surface area contributed by atoms with Crippen LogP contribution in [0.3, 0.4) is 0 Å². The highest BCUT2D eigenvalue weighted by molar-refractivity contribution is 5.94. The van der Waals surface area contributed by atoms with Crippen LogP contribution in [0, 0.1) is 17.1 Å². The Morgan fingerprint density at radius 1 is 1.30 bits per heavy atom. The summed E-state index contributed by atoms with van der Waals surface area (Å²) in [5.41, 5.74) is 3.32. The predicted molar refractivity (Wildman–Crippen MR) is 114 cm³/mol. The Morgan fingerprint density at radius 3 is 2.91 bits per heavy atom. The number of imidazole rings is 1. The number of pyridine rings is 2. The third-order valence-corrected chi connectivity index (χ3v) is 5.73. The maximum Gasteiger partial charge on any atom is 0.250 e. The Hall–Kier alpha value is -4.13. The molecule has 0 saturated heterocycles. The number of Topliss-reactive ketones (excluding diaryl/α,β-unsaturated/α-hetero) is 1. The Bertz CT molecular complexity index is 1400. The molecule has 5 rings (SSSR count). The number of methoxy groups -OCH3 is 1. The molecule has 0 aliphatic heterocycles. The van der Waals surface area contributed by atoms with Gasteiger partial charge in [0.2, 0.25) is 5.88 Å². The zero-order chi connectivity index (χ0) is 22.9. The van der Waals surface area contributed by atoms with Gasteiger partial charge in [-0.05, 0) is 36.8 Å². The molecule has 166 valence electrons. The van der Waals surface area contributed by atoms with Gasteiger partial charge in [0.25, 0.3) is 0 Å². The fourth-order valence-electron chi connectivity index (χ4n) is 3.82. The first kappa shape index (κ1) is 20.8. The molecule has 0 unspecified atom stereocenters. The number of ether oxygens (including phenoxy) is 1. The smallest absolute Gasteiger partial charge is 0.250 e. The summed E-state index contributed by atoms with van der Waals surface area (Å²) in [5.74, 6) is -0.580. The van der Waals surface area contributed by atoms with E-state index in [1.807, 2.05) is 22.7 Å². The summed E-state index contributed by atoms with van der Waals surface area (Å²) in [4.78, 5) is 21.0. The molecule has 9 nitrogen and oxygen atoms in total. The molecule has 0 N–H and O–H groups in total. The number of hydrogen-bond acceptors (Lipinski definition) is 7. The van der Waals surface area contributed by atoms with Crippen LogP contribution in [0.15, 0.2) is 36.9 Å². The Labute approximate surface area is 188 Å². The quantitative estimate of drug-likeness (QED) is 0.383. The topological polar surface area (TPSA) is 111 Å². The van der Waals surface area contributed by atoms with Gasteiger partial charge in [-0.25, -0.2) is 19.0 Å². The van der Waals surface area contributed by atoms with Crippen LogP contribution in [0.4, 0.5) is 4.39 Å². The van der Waals surface area contributed by atoms with Crippen molar-refractivity contribution in [3.8, 4) is 11.9 Å². The maximum absolute atomic E-state index is 14.5. The van der Waals surface area contributed by atoms with Gasteiger partial charge in [0.05, 0.1) is 31.1 Å². The van der Waals surface area contributed by atoms with Crippen molar-refractivity contribution in [1.82, 2.24) is 29.4 Å². The van der Waals surface area contributed by atoms with E-state index in [9.17, 15) is 14.4 Å². The van der Waals surface area contributed by atoms with Gasteiger partial charge in [-0.15, -0.1) is 5.10 Å². The van der Waals surface area contributed by atoms with Gasteiger partial charge in [-0.2, -0.15) is 5.26 Å². The van der Waals surface area contributed by atoms with Crippen molar-refractivity contribution in [2.24, 2.45) is 0 Å². The van der Waals surface area contributed by atoms with E-state index < -0.39 is 5.82 Å². The first-order valence-corrected chi connectivity index (χ1v) is 10.6. The largest absolute Gasteiger partial charge is 0.479 e. The van der Waals surface area contributed by atoms with E-state index in [1.54, 1.807) is 10.9 Å². The molecule has 4 aromatic heterocycles. The van der Waals surface area contributed by atoms with E-state index in [-0.39, 0.29) is 41.3 Å². The summed E-state index contributed by atoms with van der Waals surface area (Å²) in [6.45, 7) is 0.371. The number of carbonyl (C=O) groups excluding carboxylic acids is 1. The average molecular weight is 445 g/mol. The molecule has 0 bridgehead atoms. The first-order chi connectivity index (χ1) is 16.1. The fourth-order valence-corrected chi connectivity index (χ4v) is 3.82. The standard InChI is InChI=1S/C23H20FN7O2/c1-33-23-22(24)18(16(8-25)9-26-23)5-6-20(32)19-13-31(29-28-19)12-17-11-30-10-15(14-2-3-14)4-7-21(30)27-17/h4,7,9-11,13-14H,2-3,5-6,12H2,1H3. The summed E-state index contributed by atoms with van der Waals surface area (Å²) < 4.78 is 22.9. The molecular weight excluding hydrogens is 425 g/mol. The molecular formula is C23H20FN7O2. The van der Waals surface area contributed by atoms with Crippen LogP contribution >= 0.6 is 0 Å².